The Morgan fingerprint density at radius 2 is 1.69 bits per heavy atom. The molecule has 32 heavy (non-hydrogen) atoms. The molecule has 2 amide bonds. The van der Waals surface area contributed by atoms with Crippen molar-refractivity contribution in [3.63, 3.8) is 0 Å². The molecule has 0 saturated carbocycles. The second-order valence-electron chi connectivity index (χ2n) is 7.53. The molecule has 0 spiro atoms. The summed E-state index contributed by atoms with van der Waals surface area (Å²) in [6.45, 7) is 1.30. The second-order valence-corrected chi connectivity index (χ2v) is 7.53. The number of hydrogen-bond donors (Lipinski definition) is 1. The van der Waals surface area contributed by atoms with E-state index < -0.39 is 5.92 Å². The van der Waals surface area contributed by atoms with Crippen LogP contribution in [0.3, 0.4) is 0 Å². The molecule has 2 aliphatic rings. The van der Waals surface area contributed by atoms with Gasteiger partial charge in [-0.2, -0.15) is 0 Å². The van der Waals surface area contributed by atoms with E-state index in [0.717, 1.165) is 0 Å². The van der Waals surface area contributed by atoms with Crippen LogP contribution in [0.5, 0.6) is 23.0 Å². The molecule has 8 heteroatoms. The molecule has 1 fully saturated rings. The fourth-order valence-corrected chi connectivity index (χ4v) is 3.73. The van der Waals surface area contributed by atoms with E-state index in [-0.39, 0.29) is 18.2 Å². The summed E-state index contributed by atoms with van der Waals surface area (Å²) in [5.41, 5.74) is 1.34. The maximum Gasteiger partial charge on any atom is 0.229 e. The summed E-state index contributed by atoms with van der Waals surface area (Å²) in [6.07, 6.45) is 3.46. The minimum atomic E-state index is -0.441. The second kappa shape index (κ2) is 8.58. The number of anilines is 2. The lowest BCUT2D eigenvalue weighted by Gasteiger charge is -2.22. The number of nitrogens with one attached hydrogen (secondary N) is 1. The number of nitrogens with zero attached hydrogens (tertiary/aromatic N) is 2. The highest BCUT2D eigenvalue weighted by Crippen LogP contribution is 2.36. The Kier molecular flexibility index (Phi) is 5.33. The van der Waals surface area contributed by atoms with E-state index in [1.54, 1.807) is 65.8 Å². The zero-order valence-electron chi connectivity index (χ0n) is 17.2. The average molecular weight is 431 g/mol. The van der Waals surface area contributed by atoms with E-state index >= 15 is 0 Å². The van der Waals surface area contributed by atoms with Gasteiger partial charge in [-0.15, -0.1) is 0 Å². The monoisotopic (exact) mass is 431 g/mol. The smallest absolute Gasteiger partial charge is 0.229 e. The SMILES string of the molecule is O=C(Nc1ccc(Oc2ccncc2)cc1)C1CC(=O)N(c2ccc3c(c2)OCCO3)C1. The van der Waals surface area contributed by atoms with Gasteiger partial charge >= 0.3 is 0 Å². The number of rotatable bonds is 5. The first-order valence-electron chi connectivity index (χ1n) is 10.3. The van der Waals surface area contributed by atoms with Crippen LogP contribution in [-0.2, 0) is 9.59 Å². The summed E-state index contributed by atoms with van der Waals surface area (Å²) < 4.78 is 16.9. The van der Waals surface area contributed by atoms with E-state index in [2.05, 4.69) is 10.3 Å². The summed E-state index contributed by atoms with van der Waals surface area (Å²) in [7, 11) is 0. The molecule has 3 heterocycles. The lowest BCUT2D eigenvalue weighted by atomic mass is 10.1. The quantitative estimate of drug-likeness (QED) is 0.664. The molecule has 162 valence electrons. The Morgan fingerprint density at radius 1 is 0.969 bits per heavy atom. The Hall–Kier alpha value is -4.07. The van der Waals surface area contributed by atoms with Gasteiger partial charge in [0.15, 0.2) is 11.5 Å². The minimum Gasteiger partial charge on any atom is -0.486 e. The van der Waals surface area contributed by atoms with E-state index in [1.807, 2.05) is 6.07 Å². The van der Waals surface area contributed by atoms with Crippen molar-refractivity contribution in [2.45, 2.75) is 6.42 Å². The maximum absolute atomic E-state index is 12.8. The predicted octanol–water partition coefficient (Wildman–Crippen LogP) is 3.64. The fraction of sp³-hybridized carbons (Fsp3) is 0.208. The third-order valence-corrected chi connectivity index (χ3v) is 5.34. The molecule has 2 aromatic carbocycles. The number of pyridine rings is 1. The van der Waals surface area contributed by atoms with Crippen molar-refractivity contribution >= 4 is 23.2 Å². The van der Waals surface area contributed by atoms with Gasteiger partial charge in [-0.3, -0.25) is 14.6 Å². The van der Waals surface area contributed by atoms with Crippen molar-refractivity contribution < 1.29 is 23.8 Å². The summed E-state index contributed by atoms with van der Waals surface area (Å²) in [4.78, 5) is 30.9. The molecule has 0 aliphatic carbocycles. The molecule has 5 rings (SSSR count). The minimum absolute atomic E-state index is 0.0945. The normalized spacial score (nSPS) is 17.2. The van der Waals surface area contributed by atoms with Gasteiger partial charge in [-0.05, 0) is 48.5 Å². The van der Waals surface area contributed by atoms with E-state index in [0.29, 0.717) is 54.1 Å². The largest absolute Gasteiger partial charge is 0.486 e. The van der Waals surface area contributed by atoms with Crippen LogP contribution in [0.15, 0.2) is 67.0 Å². The zero-order valence-corrected chi connectivity index (χ0v) is 17.2. The van der Waals surface area contributed by atoms with Crippen LogP contribution in [0.25, 0.3) is 0 Å². The summed E-state index contributed by atoms with van der Waals surface area (Å²) in [5.74, 6) is 1.88. The van der Waals surface area contributed by atoms with Crippen molar-refractivity contribution in [1.29, 1.82) is 0 Å². The first-order valence-corrected chi connectivity index (χ1v) is 10.3. The number of benzene rings is 2. The standard InChI is InChI=1S/C24H21N3O5/c28-23-13-16(15-27(23)18-3-6-21-22(14-18)31-12-11-30-21)24(29)26-17-1-4-19(5-2-17)32-20-7-9-25-10-8-20/h1-10,14,16H,11-13,15H2,(H,26,29). The van der Waals surface area contributed by atoms with Gasteiger partial charge in [0.25, 0.3) is 0 Å². The summed E-state index contributed by atoms with van der Waals surface area (Å²) >= 11 is 0. The van der Waals surface area contributed by atoms with Crippen LogP contribution in [0.4, 0.5) is 11.4 Å². The highest BCUT2D eigenvalue weighted by Gasteiger charge is 2.35. The Bertz CT molecular complexity index is 1130. The number of hydrogen-bond acceptors (Lipinski definition) is 6. The molecular weight excluding hydrogens is 410 g/mol. The van der Waals surface area contributed by atoms with Crippen LogP contribution < -0.4 is 24.4 Å². The van der Waals surface area contributed by atoms with Crippen LogP contribution in [0.1, 0.15) is 6.42 Å². The van der Waals surface area contributed by atoms with Crippen molar-refractivity contribution in [2.75, 3.05) is 30.0 Å². The highest BCUT2D eigenvalue weighted by atomic mass is 16.6. The lowest BCUT2D eigenvalue weighted by molar-refractivity contribution is -0.122. The molecule has 1 unspecified atom stereocenters. The zero-order chi connectivity index (χ0) is 21.9. The summed E-state index contributed by atoms with van der Waals surface area (Å²) in [6, 6.07) is 16.0. The van der Waals surface area contributed by atoms with E-state index in [9.17, 15) is 9.59 Å². The third kappa shape index (κ3) is 4.20. The molecule has 1 saturated heterocycles. The molecule has 1 atom stereocenters. The van der Waals surface area contributed by atoms with Crippen LogP contribution >= 0.6 is 0 Å². The molecule has 0 bridgehead atoms. The van der Waals surface area contributed by atoms with Crippen LogP contribution in [-0.4, -0.2) is 36.6 Å². The maximum atomic E-state index is 12.8. The third-order valence-electron chi connectivity index (χ3n) is 5.34. The average Bonchev–Trinajstić information content (AvgIpc) is 3.22. The number of carbonyl (C=O) groups is 2. The number of fused-ring (bicyclic) bond motifs is 1. The fourth-order valence-electron chi connectivity index (χ4n) is 3.73. The molecule has 0 radical (unpaired) electrons. The predicted molar refractivity (Wildman–Crippen MR) is 117 cm³/mol. The summed E-state index contributed by atoms with van der Waals surface area (Å²) in [5, 5.41) is 2.89. The number of amides is 2. The topological polar surface area (TPSA) is 90.0 Å². The number of carbonyl (C=O) groups excluding carboxylic acids is 2. The first-order chi connectivity index (χ1) is 15.7. The lowest BCUT2D eigenvalue weighted by Crippen LogP contribution is -2.28. The number of aromatic nitrogens is 1. The molecule has 1 aromatic heterocycles. The van der Waals surface area contributed by atoms with Gasteiger partial charge in [-0.1, -0.05) is 0 Å². The van der Waals surface area contributed by atoms with E-state index in [4.69, 9.17) is 14.2 Å². The molecule has 8 nitrogen and oxygen atoms in total. The Labute approximate surface area is 184 Å². The molecule has 1 N–H and O–H groups in total. The van der Waals surface area contributed by atoms with Gasteiger partial charge < -0.3 is 24.4 Å². The van der Waals surface area contributed by atoms with Gasteiger partial charge in [0.1, 0.15) is 24.7 Å². The van der Waals surface area contributed by atoms with Gasteiger partial charge in [0.2, 0.25) is 11.8 Å². The van der Waals surface area contributed by atoms with Crippen molar-refractivity contribution in [2.24, 2.45) is 5.92 Å². The van der Waals surface area contributed by atoms with Crippen LogP contribution in [0.2, 0.25) is 0 Å². The first kappa shape index (κ1) is 19.9. The molecule has 3 aromatic rings. The number of ether oxygens (including phenoxy) is 3. The van der Waals surface area contributed by atoms with Crippen molar-refractivity contribution in [3.05, 3.63) is 67.0 Å². The molecular formula is C24H21N3O5. The van der Waals surface area contributed by atoms with Crippen molar-refractivity contribution in [1.82, 2.24) is 4.98 Å². The van der Waals surface area contributed by atoms with Gasteiger partial charge in [-0.25, -0.2) is 0 Å². The molecule has 2 aliphatic heterocycles. The Morgan fingerprint density at radius 3 is 2.47 bits per heavy atom. The van der Waals surface area contributed by atoms with Crippen LogP contribution in [0, 0.1) is 5.92 Å². The Balaban J connectivity index is 1.21. The van der Waals surface area contributed by atoms with Gasteiger partial charge in [0.05, 0.1) is 5.92 Å². The van der Waals surface area contributed by atoms with Gasteiger partial charge in [0, 0.05) is 42.8 Å². The van der Waals surface area contributed by atoms with E-state index in [1.165, 1.54) is 0 Å². The van der Waals surface area contributed by atoms with Crippen molar-refractivity contribution in [3.8, 4) is 23.0 Å². The highest BCUT2D eigenvalue weighted by molar-refractivity contribution is 6.03.